The molecule has 0 fully saturated rings. The fraction of sp³-hybridized carbons (Fsp3) is 0.0714. The molecule has 0 spiro atoms. The molecular weight excluding hydrogens is 265 g/mol. The first-order valence-corrected chi connectivity index (χ1v) is 6.20. The number of imidazole rings is 1. The molecule has 0 aliphatic carbocycles. The number of hydrogen-bond donors (Lipinski definition) is 2. The van der Waals surface area contributed by atoms with Gasteiger partial charge in [0.05, 0.1) is 21.6 Å². The van der Waals surface area contributed by atoms with E-state index in [0.29, 0.717) is 17.4 Å². The maximum absolute atomic E-state index is 13.8. The van der Waals surface area contributed by atoms with E-state index in [1.807, 2.05) is 18.2 Å². The second-order valence-corrected chi connectivity index (χ2v) is 4.64. The molecule has 3 N–H and O–H groups in total. The Bertz CT molecular complexity index is 731. The number of rotatable bonds is 2. The van der Waals surface area contributed by atoms with Crippen LogP contribution in [0, 0.1) is 5.82 Å². The topological polar surface area (TPSA) is 54.7 Å². The van der Waals surface area contributed by atoms with Crippen molar-refractivity contribution >= 4 is 22.6 Å². The van der Waals surface area contributed by atoms with Gasteiger partial charge in [-0.05, 0) is 29.8 Å². The number of aromatic amines is 1. The minimum atomic E-state index is -0.398. The lowest BCUT2D eigenvalue weighted by Crippen LogP contribution is -1.95. The number of benzene rings is 2. The largest absolute Gasteiger partial charge is 0.338 e. The van der Waals surface area contributed by atoms with Crippen LogP contribution in [0.2, 0.25) is 5.02 Å². The van der Waals surface area contributed by atoms with Crippen molar-refractivity contribution in [2.75, 3.05) is 0 Å². The SMILES string of the molecule is NCc1ccc2nc(-c3c(F)cccc3Cl)[nH]c2c1. The molecule has 3 nitrogen and oxygen atoms in total. The molecule has 0 saturated carbocycles. The van der Waals surface area contributed by atoms with Crippen LogP contribution < -0.4 is 5.73 Å². The molecule has 0 aliphatic heterocycles. The van der Waals surface area contributed by atoms with Gasteiger partial charge < -0.3 is 10.7 Å². The second-order valence-electron chi connectivity index (χ2n) is 4.24. The van der Waals surface area contributed by atoms with Crippen molar-refractivity contribution in [3.05, 3.63) is 52.8 Å². The summed E-state index contributed by atoms with van der Waals surface area (Å²) in [6.45, 7) is 0.449. The predicted octanol–water partition coefficient (Wildman–Crippen LogP) is 3.48. The lowest BCUT2D eigenvalue weighted by molar-refractivity contribution is 0.630. The minimum Gasteiger partial charge on any atom is -0.338 e. The molecule has 1 aromatic heterocycles. The fourth-order valence-corrected chi connectivity index (χ4v) is 2.28. The zero-order chi connectivity index (χ0) is 13.4. The Kier molecular flexibility index (Phi) is 2.97. The van der Waals surface area contributed by atoms with Gasteiger partial charge in [-0.3, -0.25) is 0 Å². The fourth-order valence-electron chi connectivity index (χ4n) is 2.03. The van der Waals surface area contributed by atoms with E-state index in [-0.39, 0.29) is 5.56 Å². The molecule has 96 valence electrons. The van der Waals surface area contributed by atoms with Gasteiger partial charge in [-0.1, -0.05) is 23.7 Å². The Morgan fingerprint density at radius 1 is 1.26 bits per heavy atom. The van der Waals surface area contributed by atoms with Gasteiger partial charge in [0.15, 0.2) is 0 Å². The van der Waals surface area contributed by atoms with Crippen molar-refractivity contribution in [1.82, 2.24) is 9.97 Å². The van der Waals surface area contributed by atoms with Gasteiger partial charge in [0.1, 0.15) is 11.6 Å². The Hall–Kier alpha value is -1.91. The van der Waals surface area contributed by atoms with E-state index in [9.17, 15) is 4.39 Å². The van der Waals surface area contributed by atoms with Crippen LogP contribution >= 0.6 is 11.6 Å². The molecule has 19 heavy (non-hydrogen) atoms. The molecule has 0 saturated heterocycles. The first kappa shape index (κ1) is 12.1. The molecular formula is C14H11ClFN3. The van der Waals surface area contributed by atoms with Crippen LogP contribution in [-0.4, -0.2) is 9.97 Å². The van der Waals surface area contributed by atoms with E-state index in [0.717, 1.165) is 16.6 Å². The van der Waals surface area contributed by atoms with E-state index in [1.165, 1.54) is 6.07 Å². The van der Waals surface area contributed by atoms with E-state index in [4.69, 9.17) is 17.3 Å². The summed E-state index contributed by atoms with van der Waals surface area (Å²) >= 11 is 6.03. The number of nitrogens with zero attached hydrogens (tertiary/aromatic N) is 1. The Morgan fingerprint density at radius 2 is 2.11 bits per heavy atom. The number of halogens is 2. The Labute approximate surface area is 114 Å². The summed E-state index contributed by atoms with van der Waals surface area (Å²) in [5, 5.41) is 0.332. The number of hydrogen-bond acceptors (Lipinski definition) is 2. The first-order chi connectivity index (χ1) is 9.19. The van der Waals surface area contributed by atoms with Gasteiger partial charge >= 0.3 is 0 Å². The average Bonchev–Trinajstić information content (AvgIpc) is 2.80. The second kappa shape index (κ2) is 4.64. The number of fused-ring (bicyclic) bond motifs is 1. The molecule has 2 aromatic carbocycles. The monoisotopic (exact) mass is 275 g/mol. The van der Waals surface area contributed by atoms with Crippen LogP contribution in [0.1, 0.15) is 5.56 Å². The van der Waals surface area contributed by atoms with Gasteiger partial charge in [-0.15, -0.1) is 0 Å². The van der Waals surface area contributed by atoms with Gasteiger partial charge in [0, 0.05) is 6.54 Å². The van der Waals surface area contributed by atoms with E-state index in [1.54, 1.807) is 12.1 Å². The summed E-state index contributed by atoms with van der Waals surface area (Å²) in [5.41, 5.74) is 8.44. The summed E-state index contributed by atoms with van der Waals surface area (Å²) in [5.74, 6) is 0.0258. The predicted molar refractivity (Wildman–Crippen MR) is 74.4 cm³/mol. The standard InChI is InChI=1S/C14H11ClFN3/c15-9-2-1-3-10(16)13(9)14-18-11-5-4-8(7-17)6-12(11)19-14/h1-6H,7,17H2,(H,18,19). The molecule has 1 heterocycles. The van der Waals surface area contributed by atoms with Crippen molar-refractivity contribution < 1.29 is 4.39 Å². The summed E-state index contributed by atoms with van der Waals surface area (Å²) in [4.78, 5) is 7.44. The number of nitrogens with one attached hydrogen (secondary N) is 1. The molecule has 0 unspecified atom stereocenters. The Balaban J connectivity index is 2.21. The zero-order valence-corrected chi connectivity index (χ0v) is 10.7. The minimum absolute atomic E-state index is 0.287. The van der Waals surface area contributed by atoms with Crippen LogP contribution in [-0.2, 0) is 6.54 Å². The third-order valence-electron chi connectivity index (χ3n) is 2.98. The number of H-pyrrole nitrogens is 1. The summed E-state index contributed by atoms with van der Waals surface area (Å²) in [7, 11) is 0. The van der Waals surface area contributed by atoms with Crippen LogP contribution in [0.15, 0.2) is 36.4 Å². The highest BCUT2D eigenvalue weighted by molar-refractivity contribution is 6.33. The molecule has 3 rings (SSSR count). The zero-order valence-electron chi connectivity index (χ0n) is 9.95. The smallest absolute Gasteiger partial charge is 0.142 e. The molecule has 5 heteroatoms. The van der Waals surface area contributed by atoms with Crippen LogP contribution in [0.3, 0.4) is 0 Å². The first-order valence-electron chi connectivity index (χ1n) is 5.82. The quantitative estimate of drug-likeness (QED) is 0.752. The van der Waals surface area contributed by atoms with Gasteiger partial charge in [0.25, 0.3) is 0 Å². The van der Waals surface area contributed by atoms with Crippen molar-refractivity contribution in [2.45, 2.75) is 6.54 Å². The number of aromatic nitrogens is 2. The summed E-state index contributed by atoms with van der Waals surface area (Å²) < 4.78 is 13.8. The lowest BCUT2D eigenvalue weighted by atomic mass is 10.2. The molecule has 3 aromatic rings. The van der Waals surface area contributed by atoms with Gasteiger partial charge in [-0.25, -0.2) is 9.37 Å². The van der Waals surface area contributed by atoms with Crippen molar-refractivity contribution in [1.29, 1.82) is 0 Å². The summed E-state index contributed by atoms with van der Waals surface area (Å²) in [6.07, 6.45) is 0. The maximum atomic E-state index is 13.8. The average molecular weight is 276 g/mol. The molecule has 0 aliphatic rings. The molecule has 0 atom stereocenters. The van der Waals surface area contributed by atoms with Gasteiger partial charge in [-0.2, -0.15) is 0 Å². The summed E-state index contributed by atoms with van der Waals surface area (Å²) in [6, 6.07) is 10.2. The molecule has 0 amide bonds. The maximum Gasteiger partial charge on any atom is 0.142 e. The van der Waals surface area contributed by atoms with Crippen molar-refractivity contribution in [3.8, 4) is 11.4 Å². The molecule has 0 radical (unpaired) electrons. The molecule has 0 bridgehead atoms. The Morgan fingerprint density at radius 3 is 2.84 bits per heavy atom. The van der Waals surface area contributed by atoms with Crippen LogP contribution in [0.25, 0.3) is 22.4 Å². The van der Waals surface area contributed by atoms with Crippen LogP contribution in [0.5, 0.6) is 0 Å². The highest BCUT2D eigenvalue weighted by Crippen LogP contribution is 2.30. The van der Waals surface area contributed by atoms with Crippen molar-refractivity contribution in [3.63, 3.8) is 0 Å². The van der Waals surface area contributed by atoms with Crippen molar-refractivity contribution in [2.24, 2.45) is 5.73 Å². The third-order valence-corrected chi connectivity index (χ3v) is 3.30. The highest BCUT2D eigenvalue weighted by atomic mass is 35.5. The third kappa shape index (κ3) is 2.09. The van der Waals surface area contributed by atoms with Crippen LogP contribution in [0.4, 0.5) is 4.39 Å². The van der Waals surface area contributed by atoms with E-state index in [2.05, 4.69) is 9.97 Å². The number of nitrogens with two attached hydrogens (primary N) is 1. The highest BCUT2D eigenvalue weighted by Gasteiger charge is 2.13. The van der Waals surface area contributed by atoms with E-state index >= 15 is 0 Å². The van der Waals surface area contributed by atoms with Gasteiger partial charge in [0.2, 0.25) is 0 Å². The van der Waals surface area contributed by atoms with E-state index < -0.39 is 5.82 Å². The normalized spacial score (nSPS) is 11.1. The lowest BCUT2D eigenvalue weighted by Gasteiger charge is -2.01.